The molecule has 1 aromatic carbocycles. The predicted octanol–water partition coefficient (Wildman–Crippen LogP) is 3.59. The monoisotopic (exact) mass is 371 g/mol. The second kappa shape index (κ2) is 7.56. The molecule has 2 N–H and O–H groups in total. The Hall–Kier alpha value is -1.39. The van der Waals surface area contributed by atoms with Crippen LogP contribution in [-0.2, 0) is 11.2 Å². The van der Waals surface area contributed by atoms with Gasteiger partial charge in [0.15, 0.2) is 0 Å². The molecule has 1 aromatic rings. The van der Waals surface area contributed by atoms with Gasteiger partial charge in [0.25, 0.3) is 0 Å². The summed E-state index contributed by atoms with van der Waals surface area (Å²) in [6.07, 6.45) is 6.27. The lowest BCUT2D eigenvalue weighted by atomic mass is 9.67. The van der Waals surface area contributed by atoms with Crippen LogP contribution in [0.5, 0.6) is 0 Å². The molecule has 0 unspecified atom stereocenters. The minimum Gasteiger partial charge on any atom is -0.368 e. The number of piperidine rings is 2. The van der Waals surface area contributed by atoms with E-state index in [0.29, 0.717) is 0 Å². The number of benzene rings is 1. The molecule has 0 spiro atoms. The number of nitrogens with two attached hydrogens (primary N) is 1. The van der Waals surface area contributed by atoms with Crippen LogP contribution >= 0.6 is 0 Å². The third kappa shape index (κ3) is 4.07. The van der Waals surface area contributed by atoms with Gasteiger partial charge in [-0.25, -0.2) is 0 Å². The zero-order valence-electron chi connectivity index (χ0n) is 17.6. The van der Waals surface area contributed by atoms with Crippen molar-refractivity contribution in [3.8, 4) is 0 Å². The van der Waals surface area contributed by atoms with E-state index in [2.05, 4.69) is 67.8 Å². The highest BCUT2D eigenvalue weighted by atomic mass is 16.1. The third-order valence-corrected chi connectivity index (χ3v) is 6.80. The van der Waals surface area contributed by atoms with Gasteiger partial charge in [0.1, 0.15) is 5.54 Å². The van der Waals surface area contributed by atoms with Gasteiger partial charge in [-0.3, -0.25) is 14.6 Å². The van der Waals surface area contributed by atoms with E-state index in [1.54, 1.807) is 0 Å². The maximum Gasteiger partial charge on any atom is 0.238 e. The molecular weight excluding hydrogens is 334 g/mol. The van der Waals surface area contributed by atoms with Crippen molar-refractivity contribution in [1.82, 2.24) is 9.80 Å². The van der Waals surface area contributed by atoms with Crippen molar-refractivity contribution in [2.24, 2.45) is 5.73 Å². The second-order valence-corrected chi connectivity index (χ2v) is 9.81. The van der Waals surface area contributed by atoms with Crippen LogP contribution < -0.4 is 5.73 Å². The first-order valence-electron chi connectivity index (χ1n) is 10.5. The van der Waals surface area contributed by atoms with Crippen molar-refractivity contribution in [3.05, 3.63) is 35.9 Å². The number of carbonyl (C=O) groups excluding carboxylic acids is 1. The quantitative estimate of drug-likeness (QED) is 0.860. The fraction of sp³-hybridized carbons (Fsp3) is 0.696. The van der Waals surface area contributed by atoms with Crippen molar-refractivity contribution in [2.75, 3.05) is 19.6 Å². The fourth-order valence-electron chi connectivity index (χ4n) is 5.87. The Kier molecular flexibility index (Phi) is 5.69. The Morgan fingerprint density at radius 3 is 2.04 bits per heavy atom. The van der Waals surface area contributed by atoms with Gasteiger partial charge < -0.3 is 5.73 Å². The first-order chi connectivity index (χ1) is 12.7. The predicted molar refractivity (Wildman–Crippen MR) is 112 cm³/mol. The lowest BCUT2D eigenvalue weighted by molar-refractivity contribution is -0.152. The Balaban J connectivity index is 1.84. The summed E-state index contributed by atoms with van der Waals surface area (Å²) in [4.78, 5) is 17.8. The summed E-state index contributed by atoms with van der Waals surface area (Å²) in [5.74, 6) is -0.131. The summed E-state index contributed by atoms with van der Waals surface area (Å²) in [5, 5.41) is 0. The average molecular weight is 372 g/mol. The smallest absolute Gasteiger partial charge is 0.238 e. The molecule has 2 fully saturated rings. The maximum atomic E-state index is 12.8. The fourth-order valence-corrected chi connectivity index (χ4v) is 5.87. The number of nitrogens with zero attached hydrogens (tertiary/aromatic N) is 2. The van der Waals surface area contributed by atoms with E-state index in [9.17, 15) is 4.79 Å². The van der Waals surface area contributed by atoms with Crippen LogP contribution in [0, 0.1) is 0 Å². The molecule has 2 saturated heterocycles. The van der Waals surface area contributed by atoms with Crippen LogP contribution in [0.2, 0.25) is 0 Å². The van der Waals surface area contributed by atoms with Crippen molar-refractivity contribution >= 4 is 5.91 Å². The van der Waals surface area contributed by atoms with Gasteiger partial charge in [-0.05, 0) is 78.5 Å². The third-order valence-electron chi connectivity index (χ3n) is 6.80. The maximum absolute atomic E-state index is 12.8. The minimum absolute atomic E-state index is 0.0803. The second-order valence-electron chi connectivity index (χ2n) is 9.81. The van der Waals surface area contributed by atoms with E-state index in [-0.39, 0.29) is 17.0 Å². The molecule has 0 aromatic heterocycles. The molecule has 4 heteroatoms. The molecule has 150 valence electrons. The molecule has 1 amide bonds. The zero-order valence-corrected chi connectivity index (χ0v) is 17.6. The van der Waals surface area contributed by atoms with E-state index >= 15 is 0 Å². The number of hydrogen-bond acceptors (Lipinski definition) is 3. The number of rotatable bonds is 5. The summed E-state index contributed by atoms with van der Waals surface area (Å²) in [6, 6.07) is 10.7. The molecule has 0 atom stereocenters. The Bertz CT molecular complexity index is 629. The number of carbonyl (C=O) groups is 1. The molecule has 2 heterocycles. The average Bonchev–Trinajstić information content (AvgIpc) is 2.61. The van der Waals surface area contributed by atoms with E-state index < -0.39 is 5.54 Å². The van der Waals surface area contributed by atoms with Crippen molar-refractivity contribution in [1.29, 1.82) is 0 Å². The SMILES string of the molecule is CC1(C)CC(C(N)=O)(N2CCCCC2)CC(C)(C)N1CCc1ccccc1. The summed E-state index contributed by atoms with van der Waals surface area (Å²) in [6.45, 7) is 12.2. The molecule has 4 nitrogen and oxygen atoms in total. The van der Waals surface area contributed by atoms with Crippen LogP contribution in [0.25, 0.3) is 0 Å². The van der Waals surface area contributed by atoms with Crippen molar-refractivity contribution < 1.29 is 4.79 Å². The van der Waals surface area contributed by atoms with E-state index in [0.717, 1.165) is 38.9 Å². The van der Waals surface area contributed by atoms with Crippen LogP contribution in [0.1, 0.15) is 65.4 Å². The standard InChI is InChI=1S/C23H37N3O/c1-21(2)17-23(20(24)27,25-14-9-6-10-15-25)18-22(3,4)26(21)16-13-19-11-7-5-8-12-19/h5,7-8,11-12H,6,9-10,13-18H2,1-4H3,(H2,24,27). The largest absolute Gasteiger partial charge is 0.368 e. The highest BCUT2D eigenvalue weighted by molar-refractivity contribution is 5.85. The van der Waals surface area contributed by atoms with Crippen LogP contribution in [0.3, 0.4) is 0 Å². The van der Waals surface area contributed by atoms with Crippen molar-refractivity contribution in [3.63, 3.8) is 0 Å². The normalized spacial score (nSPS) is 25.2. The van der Waals surface area contributed by atoms with Gasteiger partial charge in [-0.15, -0.1) is 0 Å². The first kappa shape index (κ1) is 20.3. The lowest BCUT2D eigenvalue weighted by Gasteiger charge is -2.61. The van der Waals surface area contributed by atoms with Gasteiger partial charge in [0.2, 0.25) is 5.91 Å². The van der Waals surface area contributed by atoms with Gasteiger partial charge in [-0.1, -0.05) is 36.8 Å². The van der Waals surface area contributed by atoms with E-state index in [1.165, 1.54) is 24.8 Å². The van der Waals surface area contributed by atoms with E-state index in [1.807, 2.05) is 0 Å². The van der Waals surface area contributed by atoms with Crippen molar-refractivity contribution in [2.45, 2.75) is 82.8 Å². The first-order valence-corrected chi connectivity index (χ1v) is 10.5. The van der Waals surface area contributed by atoms with Crippen LogP contribution in [-0.4, -0.2) is 52.0 Å². The molecule has 2 aliphatic heterocycles. The number of likely N-dealkylation sites (tertiary alicyclic amines) is 2. The van der Waals surface area contributed by atoms with Crippen LogP contribution in [0.4, 0.5) is 0 Å². The zero-order chi connectivity index (χ0) is 19.7. The Morgan fingerprint density at radius 2 is 1.52 bits per heavy atom. The molecule has 27 heavy (non-hydrogen) atoms. The van der Waals surface area contributed by atoms with Gasteiger partial charge in [-0.2, -0.15) is 0 Å². The molecule has 0 bridgehead atoms. The summed E-state index contributed by atoms with van der Waals surface area (Å²) in [5.41, 5.74) is 6.78. The number of primary amides is 1. The Morgan fingerprint density at radius 1 is 0.963 bits per heavy atom. The summed E-state index contributed by atoms with van der Waals surface area (Å²) >= 11 is 0. The van der Waals surface area contributed by atoms with Gasteiger partial charge in [0.05, 0.1) is 0 Å². The summed E-state index contributed by atoms with van der Waals surface area (Å²) < 4.78 is 0. The van der Waals surface area contributed by atoms with E-state index in [4.69, 9.17) is 5.73 Å². The highest BCUT2D eigenvalue weighted by Crippen LogP contribution is 2.46. The highest BCUT2D eigenvalue weighted by Gasteiger charge is 2.57. The molecule has 2 aliphatic rings. The number of amides is 1. The lowest BCUT2D eigenvalue weighted by Crippen LogP contribution is -2.73. The minimum atomic E-state index is -0.517. The molecule has 3 rings (SSSR count). The molecular formula is C23H37N3O. The summed E-state index contributed by atoms with van der Waals surface area (Å²) in [7, 11) is 0. The number of hydrogen-bond donors (Lipinski definition) is 1. The van der Waals surface area contributed by atoms with Gasteiger partial charge >= 0.3 is 0 Å². The molecule has 0 aliphatic carbocycles. The van der Waals surface area contributed by atoms with Crippen LogP contribution in [0.15, 0.2) is 30.3 Å². The molecule has 0 saturated carbocycles. The van der Waals surface area contributed by atoms with Gasteiger partial charge in [0, 0.05) is 17.6 Å². The molecule has 0 radical (unpaired) electrons. The Labute approximate surface area is 165 Å². The topological polar surface area (TPSA) is 49.6 Å².